The van der Waals surface area contributed by atoms with Crippen molar-refractivity contribution >= 4 is 62.2 Å². The first-order valence-corrected chi connectivity index (χ1v) is 10.4. The van der Waals surface area contributed by atoms with E-state index in [2.05, 4.69) is 0 Å². The summed E-state index contributed by atoms with van der Waals surface area (Å²) in [7, 11) is -3.28. The molecule has 1 unspecified atom stereocenters. The molecule has 1 fully saturated rings. The number of benzene rings is 1. The predicted molar refractivity (Wildman–Crippen MR) is 97.2 cm³/mol. The van der Waals surface area contributed by atoms with E-state index in [0.717, 1.165) is 4.90 Å². The summed E-state index contributed by atoms with van der Waals surface area (Å²) in [5, 5.41) is 0. The van der Waals surface area contributed by atoms with Crippen LogP contribution in [0.5, 0.6) is 0 Å². The molecule has 10 heteroatoms. The second-order valence-electron chi connectivity index (χ2n) is 5.50. The molecule has 2 rings (SSSR count). The lowest BCUT2D eigenvalue weighted by molar-refractivity contribution is -0.118. The fourth-order valence-electron chi connectivity index (χ4n) is 2.61. The largest absolute Gasteiger partial charge is 0.462 e. The van der Waals surface area contributed by atoms with E-state index in [0.29, 0.717) is 0 Å². The van der Waals surface area contributed by atoms with Crippen molar-refractivity contribution in [1.29, 1.82) is 0 Å². The van der Waals surface area contributed by atoms with E-state index in [1.165, 1.54) is 12.1 Å². The van der Waals surface area contributed by atoms with Gasteiger partial charge in [0.25, 0.3) is 9.70 Å². The molecule has 25 heavy (non-hydrogen) atoms. The van der Waals surface area contributed by atoms with Crippen molar-refractivity contribution < 1.29 is 22.7 Å². The Morgan fingerprint density at radius 2 is 2.00 bits per heavy atom. The quantitative estimate of drug-likeness (QED) is 0.544. The third-order valence-electron chi connectivity index (χ3n) is 3.67. The number of alkyl halides is 3. The minimum Gasteiger partial charge on any atom is -0.462 e. The summed E-state index contributed by atoms with van der Waals surface area (Å²) in [5.41, 5.74) is 0.478. The van der Waals surface area contributed by atoms with Crippen molar-refractivity contribution in [2.75, 3.05) is 23.0 Å². The van der Waals surface area contributed by atoms with Gasteiger partial charge in [0.15, 0.2) is 9.84 Å². The molecule has 0 saturated carbocycles. The van der Waals surface area contributed by atoms with E-state index >= 15 is 0 Å². The highest BCUT2D eigenvalue weighted by atomic mass is 35.6. The van der Waals surface area contributed by atoms with Gasteiger partial charge in [-0.2, -0.15) is 0 Å². The standard InChI is InChI=1S/C15H16Cl3NO5S/c1-2-24-13(20)10-4-3-5-11(8-10)19(14(21)15(16,17)18)12-6-7-25(22,23)9-12/h3-5,8,12H,2,6-7,9H2,1H3. The molecule has 1 aliphatic heterocycles. The van der Waals surface area contributed by atoms with Crippen LogP contribution in [0.2, 0.25) is 0 Å². The molecule has 0 N–H and O–H groups in total. The maximum absolute atomic E-state index is 12.6. The van der Waals surface area contributed by atoms with Gasteiger partial charge < -0.3 is 9.64 Å². The monoisotopic (exact) mass is 427 g/mol. The molecule has 138 valence electrons. The second kappa shape index (κ2) is 7.70. The first-order valence-electron chi connectivity index (χ1n) is 7.43. The van der Waals surface area contributed by atoms with E-state index < -0.39 is 31.5 Å². The van der Waals surface area contributed by atoms with Gasteiger partial charge in [0, 0.05) is 5.69 Å². The van der Waals surface area contributed by atoms with Gasteiger partial charge in [0.1, 0.15) is 0 Å². The first kappa shape index (κ1) is 20.3. The molecule has 0 aromatic heterocycles. The summed E-state index contributed by atoms with van der Waals surface area (Å²) in [6, 6.07) is 5.35. The highest BCUT2D eigenvalue weighted by Crippen LogP contribution is 2.34. The Labute approximate surface area is 160 Å². The summed E-state index contributed by atoms with van der Waals surface area (Å²) >= 11 is 17.2. The van der Waals surface area contributed by atoms with Gasteiger partial charge in [-0.25, -0.2) is 13.2 Å². The fourth-order valence-corrected chi connectivity index (χ4v) is 4.58. The van der Waals surface area contributed by atoms with Crippen LogP contribution in [0.1, 0.15) is 23.7 Å². The van der Waals surface area contributed by atoms with Crippen molar-refractivity contribution in [2.45, 2.75) is 23.2 Å². The van der Waals surface area contributed by atoms with Gasteiger partial charge in [0.2, 0.25) is 0 Å². The van der Waals surface area contributed by atoms with Crippen molar-refractivity contribution in [3.8, 4) is 0 Å². The summed E-state index contributed by atoms with van der Waals surface area (Å²) in [6.45, 7) is 1.87. The molecule has 1 aromatic rings. The summed E-state index contributed by atoms with van der Waals surface area (Å²) < 4.78 is 26.3. The molecule has 1 amide bonds. The highest BCUT2D eigenvalue weighted by Gasteiger charge is 2.43. The number of anilines is 1. The lowest BCUT2D eigenvalue weighted by atomic mass is 10.1. The zero-order chi connectivity index (χ0) is 18.8. The van der Waals surface area contributed by atoms with Crippen LogP contribution in [-0.2, 0) is 19.4 Å². The molecule has 1 atom stereocenters. The number of esters is 1. The van der Waals surface area contributed by atoms with Gasteiger partial charge in [-0.1, -0.05) is 40.9 Å². The Morgan fingerprint density at radius 3 is 2.52 bits per heavy atom. The number of amides is 1. The minimum absolute atomic E-state index is 0.0567. The van der Waals surface area contributed by atoms with Crippen LogP contribution in [0.15, 0.2) is 24.3 Å². The van der Waals surface area contributed by atoms with Gasteiger partial charge in [-0.05, 0) is 31.5 Å². The molecule has 0 radical (unpaired) electrons. The number of halogens is 3. The van der Waals surface area contributed by atoms with Crippen LogP contribution in [0, 0.1) is 0 Å². The molecular formula is C15H16Cl3NO5S. The zero-order valence-electron chi connectivity index (χ0n) is 13.2. The third-order valence-corrected chi connectivity index (χ3v) is 5.91. The zero-order valence-corrected chi connectivity index (χ0v) is 16.3. The number of hydrogen-bond donors (Lipinski definition) is 0. The lowest BCUT2D eigenvalue weighted by Crippen LogP contribution is -2.47. The molecule has 1 aromatic carbocycles. The van der Waals surface area contributed by atoms with Crippen LogP contribution in [0.25, 0.3) is 0 Å². The maximum atomic E-state index is 12.6. The summed E-state index contributed by atoms with van der Waals surface area (Å²) in [4.78, 5) is 25.6. The molecular weight excluding hydrogens is 413 g/mol. The van der Waals surface area contributed by atoms with Crippen molar-refractivity contribution in [2.24, 2.45) is 0 Å². The summed E-state index contributed by atoms with van der Waals surface area (Å²) in [6.07, 6.45) is 0.221. The van der Waals surface area contributed by atoms with Crippen LogP contribution < -0.4 is 4.90 Å². The highest BCUT2D eigenvalue weighted by molar-refractivity contribution is 7.91. The average Bonchev–Trinajstić information content (AvgIpc) is 2.87. The normalized spacial score (nSPS) is 19.4. The average molecular weight is 429 g/mol. The number of rotatable bonds is 4. The molecule has 1 heterocycles. The number of carbonyl (C=O) groups is 2. The number of nitrogens with zero attached hydrogens (tertiary/aromatic N) is 1. The molecule has 0 spiro atoms. The van der Waals surface area contributed by atoms with E-state index in [1.54, 1.807) is 19.1 Å². The predicted octanol–water partition coefficient (Wildman–Crippen LogP) is 2.75. The smallest absolute Gasteiger partial charge is 0.338 e. The number of ether oxygens (including phenoxy) is 1. The van der Waals surface area contributed by atoms with E-state index in [9.17, 15) is 18.0 Å². The molecule has 1 aliphatic rings. The van der Waals surface area contributed by atoms with Crippen LogP contribution in [0.4, 0.5) is 5.69 Å². The molecule has 0 aliphatic carbocycles. The van der Waals surface area contributed by atoms with Gasteiger partial charge in [0.05, 0.1) is 29.7 Å². The lowest BCUT2D eigenvalue weighted by Gasteiger charge is -2.31. The van der Waals surface area contributed by atoms with Gasteiger partial charge >= 0.3 is 5.97 Å². The van der Waals surface area contributed by atoms with Gasteiger partial charge in [-0.15, -0.1) is 0 Å². The number of carbonyl (C=O) groups excluding carboxylic acids is 2. The van der Waals surface area contributed by atoms with Crippen molar-refractivity contribution in [3.63, 3.8) is 0 Å². The van der Waals surface area contributed by atoms with E-state index in [1.807, 2.05) is 0 Å². The Bertz CT molecular complexity index is 776. The van der Waals surface area contributed by atoms with Crippen molar-refractivity contribution in [1.82, 2.24) is 0 Å². The Kier molecular flexibility index (Phi) is 6.25. The molecule has 1 saturated heterocycles. The number of hydrogen-bond acceptors (Lipinski definition) is 5. The van der Waals surface area contributed by atoms with Crippen LogP contribution in [-0.4, -0.2) is 48.2 Å². The minimum atomic E-state index is -3.28. The van der Waals surface area contributed by atoms with E-state index in [-0.39, 0.29) is 35.8 Å². The molecule has 6 nitrogen and oxygen atoms in total. The topological polar surface area (TPSA) is 80.8 Å². The maximum Gasteiger partial charge on any atom is 0.338 e. The van der Waals surface area contributed by atoms with Crippen molar-refractivity contribution in [3.05, 3.63) is 29.8 Å². The van der Waals surface area contributed by atoms with Crippen LogP contribution in [0.3, 0.4) is 0 Å². The Hall–Kier alpha value is -1.02. The van der Waals surface area contributed by atoms with E-state index in [4.69, 9.17) is 39.5 Å². The Morgan fingerprint density at radius 1 is 1.32 bits per heavy atom. The number of sulfone groups is 1. The Balaban J connectivity index is 2.44. The second-order valence-corrected chi connectivity index (χ2v) is 10.0. The fraction of sp³-hybridized carbons (Fsp3) is 0.467. The third kappa shape index (κ3) is 5.00. The van der Waals surface area contributed by atoms with Gasteiger partial charge in [-0.3, -0.25) is 4.79 Å². The van der Waals surface area contributed by atoms with Crippen LogP contribution >= 0.6 is 34.8 Å². The summed E-state index contributed by atoms with van der Waals surface area (Å²) in [5.74, 6) is -1.73. The SMILES string of the molecule is CCOC(=O)c1cccc(N(C(=O)C(Cl)(Cl)Cl)C2CCS(=O)(=O)C2)c1. The molecule has 0 bridgehead atoms. The first-order chi connectivity index (χ1) is 11.5.